The Hall–Kier alpha value is -2.03. The number of rotatable bonds is 43. The van der Waals surface area contributed by atoms with E-state index in [-0.39, 0.29) is 5.97 Å². The zero-order valence-corrected chi connectivity index (χ0v) is 42.5. The van der Waals surface area contributed by atoms with Crippen molar-refractivity contribution in [2.24, 2.45) is 0 Å². The highest BCUT2D eigenvalue weighted by molar-refractivity contribution is 5.91. The van der Waals surface area contributed by atoms with Gasteiger partial charge in [-0.25, -0.2) is 4.79 Å². The van der Waals surface area contributed by atoms with Gasteiger partial charge < -0.3 is 32.4 Å². The molecule has 0 amide bonds. The number of hydrogen-bond acceptors (Lipinski definition) is 5. The summed E-state index contributed by atoms with van der Waals surface area (Å²) in [5.41, 5.74) is 0.447. The minimum absolute atomic E-state index is 0.382. The summed E-state index contributed by atoms with van der Waals surface area (Å²) >= 11 is 0. The van der Waals surface area contributed by atoms with E-state index in [1.165, 1.54) is 181 Å². The molecule has 0 bridgehead atoms. The van der Waals surface area contributed by atoms with Gasteiger partial charge in [0.1, 0.15) is 0 Å². The molecule has 0 radical (unpaired) electrons. The number of nitrogens with zero attached hydrogens (tertiary/aromatic N) is 3. The highest BCUT2D eigenvalue weighted by Crippen LogP contribution is 2.40. The standard InChI is InChI=1S/C53H104N3O5/c1-54(2,3)41-35-29-23-17-11-14-20-26-32-38-44-59-50-47-49(53(57)58-10)48-51(60-45-39-33-27-21-15-12-18-24-30-36-42-55(4,5)6)52(50)61-46-40-34-28-22-16-13-19-25-31-37-43-56(7,8)9/h47-48H,11-46H2,1-10H3/q+3. The summed E-state index contributed by atoms with van der Waals surface area (Å²) in [6.45, 7) is 5.62. The first-order valence-electron chi connectivity index (χ1n) is 25.7. The number of hydrogen-bond donors (Lipinski definition) is 0. The van der Waals surface area contributed by atoms with Gasteiger partial charge in [-0.15, -0.1) is 0 Å². The van der Waals surface area contributed by atoms with Crippen LogP contribution >= 0.6 is 0 Å². The van der Waals surface area contributed by atoms with Gasteiger partial charge in [-0.3, -0.25) is 0 Å². The molecule has 358 valence electrons. The second-order valence-electron chi connectivity index (χ2n) is 21.5. The lowest BCUT2D eigenvalue weighted by atomic mass is 10.1. The largest absolute Gasteiger partial charge is 0.490 e. The van der Waals surface area contributed by atoms with Gasteiger partial charge in [0.05, 0.1) is 116 Å². The van der Waals surface area contributed by atoms with Gasteiger partial charge in [0.15, 0.2) is 11.5 Å². The molecule has 8 heteroatoms. The molecule has 1 aromatic carbocycles. The number of methoxy groups -OCH3 is 1. The minimum atomic E-state index is -0.382. The highest BCUT2D eigenvalue weighted by atomic mass is 16.5. The van der Waals surface area contributed by atoms with Gasteiger partial charge in [0.2, 0.25) is 5.75 Å². The van der Waals surface area contributed by atoms with Gasteiger partial charge in [-0.05, 0) is 69.9 Å². The number of quaternary nitrogens is 3. The van der Waals surface area contributed by atoms with Crippen molar-refractivity contribution in [1.29, 1.82) is 0 Å². The van der Waals surface area contributed by atoms with Gasteiger partial charge in [0, 0.05) is 0 Å². The zero-order chi connectivity index (χ0) is 45.1. The fourth-order valence-corrected chi connectivity index (χ4v) is 8.01. The van der Waals surface area contributed by atoms with E-state index in [0.29, 0.717) is 42.6 Å². The Kier molecular flexibility index (Phi) is 33.0. The molecule has 0 aliphatic rings. The van der Waals surface area contributed by atoms with Gasteiger partial charge >= 0.3 is 5.97 Å². The molecule has 0 aromatic heterocycles. The third-order valence-electron chi connectivity index (χ3n) is 11.9. The third kappa shape index (κ3) is 36.1. The van der Waals surface area contributed by atoms with E-state index in [1.807, 2.05) is 0 Å². The normalized spacial score (nSPS) is 12.2. The highest BCUT2D eigenvalue weighted by Gasteiger charge is 2.20. The molecule has 0 saturated carbocycles. The summed E-state index contributed by atoms with van der Waals surface area (Å²) in [4.78, 5) is 12.8. The van der Waals surface area contributed by atoms with Crippen LogP contribution < -0.4 is 14.2 Å². The quantitative estimate of drug-likeness (QED) is 0.0372. The van der Waals surface area contributed by atoms with Crippen LogP contribution in [0.3, 0.4) is 0 Å². The first-order chi connectivity index (χ1) is 29.1. The molecule has 0 aliphatic heterocycles. The number of benzene rings is 1. The molecule has 0 unspecified atom stereocenters. The SMILES string of the molecule is COC(=O)c1cc(OCCCCCCCCCCCC[N+](C)(C)C)c(OCCCCCCCCCCCC[N+](C)(C)C)c(OCCCCCCCCCCCC[N+](C)(C)C)c1. The first-order valence-corrected chi connectivity index (χ1v) is 25.7. The fraction of sp³-hybridized carbons (Fsp3) is 0.868. The number of carbonyl (C=O) groups excluding carboxylic acids is 1. The molecule has 0 spiro atoms. The average molecular weight is 863 g/mol. The Bertz CT molecular complexity index is 1120. The minimum Gasteiger partial charge on any atom is -0.490 e. The number of ether oxygens (including phenoxy) is 4. The van der Waals surface area contributed by atoms with Gasteiger partial charge in [-0.2, -0.15) is 0 Å². The molecule has 0 aliphatic carbocycles. The first kappa shape index (κ1) is 57.0. The van der Waals surface area contributed by atoms with Crippen LogP contribution in [0.5, 0.6) is 17.2 Å². The molecular weight excluding hydrogens is 759 g/mol. The lowest BCUT2D eigenvalue weighted by Gasteiger charge is -2.23. The van der Waals surface area contributed by atoms with E-state index >= 15 is 0 Å². The Balaban J connectivity index is 2.60. The van der Waals surface area contributed by atoms with Crippen LogP contribution in [-0.4, -0.2) is 129 Å². The molecule has 0 saturated heterocycles. The summed E-state index contributed by atoms with van der Waals surface area (Å²) in [7, 11) is 22.0. The van der Waals surface area contributed by atoms with Crippen LogP contribution in [0.25, 0.3) is 0 Å². The number of unbranched alkanes of at least 4 members (excludes halogenated alkanes) is 27. The van der Waals surface area contributed by atoms with Crippen LogP contribution in [0, 0.1) is 0 Å². The number of carbonyl (C=O) groups is 1. The molecule has 61 heavy (non-hydrogen) atoms. The summed E-state index contributed by atoms with van der Waals surface area (Å²) in [6.07, 6.45) is 38.3. The van der Waals surface area contributed by atoms with Crippen LogP contribution in [0.2, 0.25) is 0 Å². The van der Waals surface area contributed by atoms with Crippen molar-refractivity contribution >= 4 is 5.97 Å². The summed E-state index contributed by atoms with van der Waals surface area (Å²) < 4.78 is 27.7. The second kappa shape index (κ2) is 35.3. The van der Waals surface area contributed by atoms with Crippen molar-refractivity contribution in [1.82, 2.24) is 0 Å². The second-order valence-corrected chi connectivity index (χ2v) is 21.5. The molecule has 1 aromatic rings. The Labute approximate surface area is 379 Å². The van der Waals surface area contributed by atoms with Gasteiger partial charge in [-0.1, -0.05) is 135 Å². The Morgan fingerprint density at radius 2 is 0.590 bits per heavy atom. The van der Waals surface area contributed by atoms with Crippen LogP contribution in [0.1, 0.15) is 203 Å². The lowest BCUT2D eigenvalue weighted by molar-refractivity contribution is -0.870. The molecular formula is C53H104N3O5+3. The van der Waals surface area contributed by atoms with Crippen molar-refractivity contribution in [3.8, 4) is 17.2 Å². The van der Waals surface area contributed by atoms with E-state index in [9.17, 15) is 4.79 Å². The topological polar surface area (TPSA) is 54.0 Å². The van der Waals surface area contributed by atoms with E-state index in [2.05, 4.69) is 63.4 Å². The van der Waals surface area contributed by atoms with Crippen molar-refractivity contribution < 1.29 is 37.2 Å². The molecule has 0 N–H and O–H groups in total. The van der Waals surface area contributed by atoms with Gasteiger partial charge in [0.25, 0.3) is 0 Å². The van der Waals surface area contributed by atoms with E-state index in [0.717, 1.165) is 52.0 Å². The van der Waals surface area contributed by atoms with Crippen molar-refractivity contribution in [2.45, 2.75) is 193 Å². The Morgan fingerprint density at radius 3 is 0.836 bits per heavy atom. The maximum absolute atomic E-state index is 12.8. The summed E-state index contributed by atoms with van der Waals surface area (Å²) in [5.74, 6) is 1.46. The summed E-state index contributed by atoms with van der Waals surface area (Å²) in [5, 5.41) is 0. The fourth-order valence-electron chi connectivity index (χ4n) is 8.01. The Morgan fingerprint density at radius 1 is 0.361 bits per heavy atom. The third-order valence-corrected chi connectivity index (χ3v) is 11.9. The predicted molar refractivity (Wildman–Crippen MR) is 261 cm³/mol. The molecule has 0 fully saturated rings. The predicted octanol–water partition coefficient (Wildman–Crippen LogP) is 13.4. The average Bonchev–Trinajstić information content (AvgIpc) is 3.18. The van der Waals surface area contributed by atoms with E-state index < -0.39 is 0 Å². The molecule has 8 nitrogen and oxygen atoms in total. The molecule has 1 rings (SSSR count). The lowest BCUT2D eigenvalue weighted by Crippen LogP contribution is -2.35. The van der Waals surface area contributed by atoms with Crippen LogP contribution in [0.4, 0.5) is 0 Å². The summed E-state index contributed by atoms with van der Waals surface area (Å²) in [6, 6.07) is 3.58. The zero-order valence-electron chi connectivity index (χ0n) is 42.5. The smallest absolute Gasteiger partial charge is 0.338 e. The van der Waals surface area contributed by atoms with E-state index in [4.69, 9.17) is 18.9 Å². The van der Waals surface area contributed by atoms with Crippen molar-refractivity contribution in [2.75, 3.05) is 110 Å². The van der Waals surface area contributed by atoms with Crippen LogP contribution in [-0.2, 0) is 4.74 Å². The number of esters is 1. The van der Waals surface area contributed by atoms with Crippen LogP contribution in [0.15, 0.2) is 12.1 Å². The van der Waals surface area contributed by atoms with Crippen molar-refractivity contribution in [3.63, 3.8) is 0 Å². The monoisotopic (exact) mass is 863 g/mol. The maximum atomic E-state index is 12.8. The maximum Gasteiger partial charge on any atom is 0.338 e. The molecule has 0 atom stereocenters. The van der Waals surface area contributed by atoms with E-state index in [1.54, 1.807) is 12.1 Å². The van der Waals surface area contributed by atoms with Crippen molar-refractivity contribution in [3.05, 3.63) is 17.7 Å². The molecule has 0 heterocycles.